The Balaban J connectivity index is 1.79. The van der Waals surface area contributed by atoms with Crippen molar-refractivity contribution in [1.82, 2.24) is 0 Å². The average Bonchev–Trinajstić information content (AvgIpc) is 3.07. The molecule has 1 saturated carbocycles. The van der Waals surface area contributed by atoms with Crippen molar-refractivity contribution in [3.63, 3.8) is 0 Å². The monoisotopic (exact) mass is 492 g/mol. The van der Waals surface area contributed by atoms with Gasteiger partial charge in [-0.15, -0.1) is 0 Å². The zero-order chi connectivity index (χ0) is 25.0. The summed E-state index contributed by atoms with van der Waals surface area (Å²) in [5.74, 6) is -0.545. The number of aliphatic hydroxyl groups is 2. The fourth-order valence-electron chi connectivity index (χ4n) is 4.41. The minimum atomic E-state index is -2.98. The molecule has 0 aromatic heterocycles. The summed E-state index contributed by atoms with van der Waals surface area (Å²) in [7, 11) is -1.30. The van der Waals surface area contributed by atoms with Crippen LogP contribution in [0.5, 0.6) is 0 Å². The van der Waals surface area contributed by atoms with E-state index in [2.05, 4.69) is 12.1 Å². The molecule has 0 amide bonds. The summed E-state index contributed by atoms with van der Waals surface area (Å²) in [5.41, 5.74) is 2.35. The molecule has 5 atom stereocenters. The van der Waals surface area contributed by atoms with Gasteiger partial charge in [-0.2, -0.15) is 0 Å². The second-order valence-corrected chi connectivity index (χ2v) is 12.0. The van der Waals surface area contributed by atoms with Crippen LogP contribution in [0.4, 0.5) is 0 Å². The second kappa shape index (κ2) is 14.8. The molecular weight excluding hydrogens is 451 g/mol. The Hall–Kier alpha value is -1.56. The standard InChI is InChI=1S/C27H41O6P/c1-3-34(31,32)17-7-5-4-6-14-24-25(27(30)19-26(24)29)16-15-23(28)13-9-11-21-10-8-12-22(18-21)20-33-2/h4,6,8,10,12,15-16,18,23-25,27-28,30H,3,5,7,9,11,13-14,17,19-20H2,1-2H3,(H,31,32)/b6-4-,16-15+/t23-,24+,25+,27+/m0/s1. The number of methoxy groups -OCH3 is 1. The summed E-state index contributed by atoms with van der Waals surface area (Å²) in [6, 6.07) is 8.25. The van der Waals surface area contributed by atoms with E-state index in [9.17, 15) is 24.5 Å². The van der Waals surface area contributed by atoms with E-state index in [1.54, 1.807) is 26.2 Å². The SMILES string of the molecule is CCP(=O)(O)CCC/C=C\C[C@H]1C(=O)C[C@@H](O)[C@@H]1/C=C/[C@@H](O)CCCc1cccc(COC)c1. The minimum absolute atomic E-state index is 0.0445. The number of unbranched alkanes of at least 4 members (excludes halogenated alkanes) is 1. The number of benzene rings is 1. The van der Waals surface area contributed by atoms with Crippen LogP contribution >= 0.6 is 7.37 Å². The summed E-state index contributed by atoms with van der Waals surface area (Å²) in [6.07, 6.45) is 11.0. The predicted octanol–water partition coefficient (Wildman–Crippen LogP) is 4.66. The molecule has 7 heteroatoms. The maximum atomic E-state index is 12.4. The first-order chi connectivity index (χ1) is 16.3. The zero-order valence-electron chi connectivity index (χ0n) is 20.5. The normalized spacial score (nSPS) is 23.7. The molecule has 190 valence electrons. The summed E-state index contributed by atoms with van der Waals surface area (Å²) in [4.78, 5) is 22.0. The summed E-state index contributed by atoms with van der Waals surface area (Å²) in [6.45, 7) is 2.31. The van der Waals surface area contributed by atoms with Gasteiger partial charge in [0.25, 0.3) is 0 Å². The van der Waals surface area contributed by atoms with Crippen LogP contribution in [-0.4, -0.2) is 52.5 Å². The topological polar surface area (TPSA) is 104 Å². The van der Waals surface area contributed by atoms with Crippen molar-refractivity contribution in [3.8, 4) is 0 Å². The number of allylic oxidation sites excluding steroid dienone is 2. The lowest BCUT2D eigenvalue weighted by Crippen LogP contribution is -2.18. The highest BCUT2D eigenvalue weighted by atomic mass is 31.2. The number of carbonyl (C=O) groups is 1. The van der Waals surface area contributed by atoms with Gasteiger partial charge in [0.2, 0.25) is 0 Å². The van der Waals surface area contributed by atoms with Gasteiger partial charge in [0, 0.05) is 37.7 Å². The van der Waals surface area contributed by atoms with Crippen LogP contribution in [0, 0.1) is 11.8 Å². The Morgan fingerprint density at radius 1 is 1.24 bits per heavy atom. The van der Waals surface area contributed by atoms with Crippen LogP contribution in [0.15, 0.2) is 48.6 Å². The molecule has 1 aromatic carbocycles. The summed E-state index contributed by atoms with van der Waals surface area (Å²) in [5, 5.41) is 20.7. The van der Waals surface area contributed by atoms with Gasteiger partial charge in [0.05, 0.1) is 18.8 Å². The number of Topliss-reactive ketones (excluding diaryl/α,β-unsaturated/α-hetero) is 1. The number of aryl methyl sites for hydroxylation is 1. The van der Waals surface area contributed by atoms with Crippen molar-refractivity contribution in [2.24, 2.45) is 11.8 Å². The van der Waals surface area contributed by atoms with E-state index in [1.165, 1.54) is 5.56 Å². The van der Waals surface area contributed by atoms with Gasteiger partial charge in [-0.05, 0) is 49.7 Å². The Bertz CT molecular complexity index is 864. The highest BCUT2D eigenvalue weighted by Crippen LogP contribution is 2.40. The first-order valence-corrected chi connectivity index (χ1v) is 14.4. The maximum Gasteiger partial charge on any atom is 0.200 e. The van der Waals surface area contributed by atoms with E-state index in [4.69, 9.17) is 4.74 Å². The van der Waals surface area contributed by atoms with Crippen LogP contribution in [0.3, 0.4) is 0 Å². The molecule has 3 N–H and O–H groups in total. The van der Waals surface area contributed by atoms with Gasteiger partial charge < -0.3 is 19.8 Å². The van der Waals surface area contributed by atoms with E-state index in [-0.39, 0.29) is 24.0 Å². The van der Waals surface area contributed by atoms with Gasteiger partial charge in [-0.3, -0.25) is 9.36 Å². The number of hydrogen-bond acceptors (Lipinski definition) is 5. The van der Waals surface area contributed by atoms with Crippen LogP contribution in [0.2, 0.25) is 0 Å². The Kier molecular flexibility index (Phi) is 12.4. The number of ether oxygens (including phenoxy) is 1. The molecule has 1 aromatic rings. The summed E-state index contributed by atoms with van der Waals surface area (Å²) >= 11 is 0. The minimum Gasteiger partial charge on any atom is -0.392 e. The fourth-order valence-corrected chi connectivity index (χ4v) is 5.41. The molecule has 0 aliphatic heterocycles. The van der Waals surface area contributed by atoms with Gasteiger partial charge in [0.15, 0.2) is 7.37 Å². The van der Waals surface area contributed by atoms with E-state index in [0.717, 1.165) is 18.4 Å². The van der Waals surface area contributed by atoms with Crippen LogP contribution in [-0.2, 0) is 27.1 Å². The predicted molar refractivity (Wildman–Crippen MR) is 136 cm³/mol. The molecule has 0 radical (unpaired) electrons. The zero-order valence-corrected chi connectivity index (χ0v) is 21.4. The van der Waals surface area contributed by atoms with Gasteiger partial charge in [-0.1, -0.05) is 55.5 Å². The van der Waals surface area contributed by atoms with Crippen LogP contribution in [0.25, 0.3) is 0 Å². The molecule has 2 rings (SSSR count). The van der Waals surface area contributed by atoms with Crippen molar-refractivity contribution >= 4 is 13.2 Å². The maximum absolute atomic E-state index is 12.4. The molecule has 0 heterocycles. The third kappa shape index (κ3) is 9.97. The lowest BCUT2D eigenvalue weighted by molar-refractivity contribution is -0.121. The molecule has 6 nitrogen and oxygen atoms in total. The quantitative estimate of drug-likeness (QED) is 0.187. The smallest absolute Gasteiger partial charge is 0.200 e. The van der Waals surface area contributed by atoms with E-state index < -0.39 is 19.6 Å². The highest BCUT2D eigenvalue weighted by molar-refractivity contribution is 7.57. The Morgan fingerprint density at radius 3 is 2.74 bits per heavy atom. The van der Waals surface area contributed by atoms with E-state index in [1.807, 2.05) is 24.3 Å². The number of hydrogen-bond donors (Lipinski definition) is 3. The number of aliphatic hydroxyl groups excluding tert-OH is 2. The first kappa shape index (κ1) is 28.7. The molecular formula is C27H41O6P. The molecule has 1 aliphatic rings. The van der Waals surface area contributed by atoms with Crippen molar-refractivity contribution in [2.45, 2.75) is 70.7 Å². The van der Waals surface area contributed by atoms with Crippen molar-refractivity contribution in [2.75, 3.05) is 19.4 Å². The number of ketones is 1. The molecule has 1 fully saturated rings. The lowest BCUT2D eigenvalue weighted by Gasteiger charge is -2.16. The second-order valence-electron chi connectivity index (χ2n) is 9.25. The molecule has 1 unspecified atom stereocenters. The van der Waals surface area contributed by atoms with Crippen LogP contribution < -0.4 is 0 Å². The van der Waals surface area contributed by atoms with Crippen molar-refractivity contribution in [3.05, 3.63) is 59.7 Å². The van der Waals surface area contributed by atoms with Gasteiger partial charge in [-0.25, -0.2) is 0 Å². The molecule has 0 saturated heterocycles. The Morgan fingerprint density at radius 2 is 2.00 bits per heavy atom. The van der Waals surface area contributed by atoms with Crippen LogP contribution in [0.1, 0.15) is 56.6 Å². The Labute approximate surface area is 204 Å². The van der Waals surface area contributed by atoms with Crippen molar-refractivity contribution < 1.29 is 29.2 Å². The molecule has 0 bridgehead atoms. The fraction of sp³-hybridized carbons (Fsp3) is 0.593. The van der Waals surface area contributed by atoms with E-state index in [0.29, 0.717) is 44.6 Å². The van der Waals surface area contributed by atoms with E-state index >= 15 is 0 Å². The van der Waals surface area contributed by atoms with Crippen molar-refractivity contribution in [1.29, 1.82) is 0 Å². The lowest BCUT2D eigenvalue weighted by atomic mass is 9.90. The average molecular weight is 493 g/mol. The number of rotatable bonds is 15. The highest BCUT2D eigenvalue weighted by Gasteiger charge is 2.39. The molecule has 34 heavy (non-hydrogen) atoms. The largest absolute Gasteiger partial charge is 0.392 e. The number of carbonyl (C=O) groups excluding carboxylic acids is 1. The van der Waals surface area contributed by atoms with Gasteiger partial charge >= 0.3 is 0 Å². The molecule has 0 spiro atoms. The van der Waals surface area contributed by atoms with Gasteiger partial charge in [0.1, 0.15) is 5.78 Å². The molecule has 1 aliphatic carbocycles. The third-order valence-corrected chi connectivity index (χ3v) is 8.49. The third-order valence-electron chi connectivity index (χ3n) is 6.49. The summed E-state index contributed by atoms with van der Waals surface area (Å²) < 4.78 is 16.8. The first-order valence-electron chi connectivity index (χ1n) is 12.4.